The zero-order chi connectivity index (χ0) is 14.7. The lowest BCUT2D eigenvalue weighted by molar-refractivity contribution is 0.0696. The van der Waals surface area contributed by atoms with Gasteiger partial charge in [-0.25, -0.2) is 4.79 Å². The third-order valence-electron chi connectivity index (χ3n) is 2.42. The van der Waals surface area contributed by atoms with E-state index in [0.717, 1.165) is 0 Å². The summed E-state index contributed by atoms with van der Waals surface area (Å²) in [6.45, 7) is 0.136. The van der Waals surface area contributed by atoms with Gasteiger partial charge in [-0.05, 0) is 18.2 Å². The van der Waals surface area contributed by atoms with Crippen LogP contribution in [0.3, 0.4) is 0 Å². The van der Waals surface area contributed by atoms with E-state index >= 15 is 0 Å². The number of halogens is 3. The Kier molecular flexibility index (Phi) is 4.70. The fourth-order valence-electron chi connectivity index (χ4n) is 1.40. The second-order valence-corrected chi connectivity index (χ2v) is 5.05. The van der Waals surface area contributed by atoms with Crippen LogP contribution in [0.15, 0.2) is 30.5 Å². The van der Waals surface area contributed by atoms with E-state index in [-0.39, 0.29) is 12.2 Å². The Balaban J connectivity index is 2.09. The summed E-state index contributed by atoms with van der Waals surface area (Å²) in [5.74, 6) is -0.650. The Morgan fingerprint density at radius 3 is 2.45 bits per heavy atom. The van der Waals surface area contributed by atoms with E-state index in [0.29, 0.717) is 26.5 Å². The summed E-state index contributed by atoms with van der Waals surface area (Å²) in [5, 5.41) is 9.77. The molecule has 4 nitrogen and oxygen atoms in total. The lowest BCUT2D eigenvalue weighted by atomic mass is 10.2. The number of carboxylic acid groups (broad SMARTS) is 1. The molecule has 0 fully saturated rings. The molecule has 0 aliphatic carbocycles. The highest BCUT2D eigenvalue weighted by molar-refractivity contribution is 6.43. The topological polar surface area (TPSA) is 59.4 Å². The molecule has 1 heterocycles. The van der Waals surface area contributed by atoms with E-state index in [1.165, 1.54) is 24.4 Å². The second-order valence-electron chi connectivity index (χ2n) is 3.83. The third kappa shape index (κ3) is 3.54. The quantitative estimate of drug-likeness (QED) is 0.847. The first-order chi connectivity index (χ1) is 9.47. The van der Waals surface area contributed by atoms with Gasteiger partial charge in [0, 0.05) is 12.3 Å². The van der Waals surface area contributed by atoms with E-state index in [9.17, 15) is 4.79 Å². The van der Waals surface area contributed by atoms with Crippen molar-refractivity contribution in [2.45, 2.75) is 6.61 Å². The van der Waals surface area contributed by atoms with Crippen LogP contribution in [-0.2, 0) is 6.61 Å². The molecule has 0 saturated heterocycles. The first-order valence-electron chi connectivity index (χ1n) is 5.43. The van der Waals surface area contributed by atoms with Gasteiger partial charge in [-0.3, -0.25) is 4.98 Å². The average Bonchev–Trinajstić information content (AvgIpc) is 2.42. The Labute approximate surface area is 129 Å². The van der Waals surface area contributed by atoms with Crippen molar-refractivity contribution in [1.29, 1.82) is 0 Å². The van der Waals surface area contributed by atoms with Gasteiger partial charge in [0.2, 0.25) is 0 Å². The minimum absolute atomic E-state index is 0.112. The molecule has 0 aliphatic heterocycles. The van der Waals surface area contributed by atoms with Gasteiger partial charge in [-0.15, -0.1) is 0 Å². The molecule has 1 N–H and O–H groups in total. The van der Waals surface area contributed by atoms with E-state index in [1.54, 1.807) is 6.07 Å². The molecule has 1 aromatic heterocycles. The van der Waals surface area contributed by atoms with Crippen molar-refractivity contribution < 1.29 is 14.6 Å². The third-order valence-corrected chi connectivity index (χ3v) is 3.44. The molecule has 0 saturated carbocycles. The molecule has 2 aromatic rings. The predicted octanol–water partition coefficient (Wildman–Crippen LogP) is 4.32. The molecule has 20 heavy (non-hydrogen) atoms. The highest BCUT2D eigenvalue weighted by atomic mass is 35.5. The summed E-state index contributed by atoms with van der Waals surface area (Å²) < 4.78 is 5.47. The smallest absolute Gasteiger partial charge is 0.337 e. The SMILES string of the molecule is O=C(O)c1ccc(COc2cc(Cl)c(Cl)cc2Cl)nc1. The normalized spacial score (nSPS) is 10.3. The first kappa shape index (κ1) is 14.9. The van der Waals surface area contributed by atoms with E-state index in [4.69, 9.17) is 44.6 Å². The summed E-state index contributed by atoms with van der Waals surface area (Å²) in [4.78, 5) is 14.7. The number of aromatic carboxylic acids is 1. The average molecular weight is 333 g/mol. The molecule has 0 spiro atoms. The van der Waals surface area contributed by atoms with Gasteiger partial charge in [0.15, 0.2) is 0 Å². The van der Waals surface area contributed by atoms with Crippen molar-refractivity contribution >= 4 is 40.8 Å². The van der Waals surface area contributed by atoms with Gasteiger partial charge in [-0.2, -0.15) is 0 Å². The number of nitrogens with zero attached hydrogens (tertiary/aromatic N) is 1. The zero-order valence-electron chi connectivity index (χ0n) is 9.94. The van der Waals surface area contributed by atoms with Gasteiger partial charge < -0.3 is 9.84 Å². The minimum atomic E-state index is -1.03. The molecule has 0 amide bonds. The zero-order valence-corrected chi connectivity index (χ0v) is 12.2. The molecule has 0 radical (unpaired) electrons. The van der Waals surface area contributed by atoms with E-state index in [2.05, 4.69) is 4.98 Å². The summed E-state index contributed by atoms with van der Waals surface area (Å²) in [7, 11) is 0. The lowest BCUT2D eigenvalue weighted by Gasteiger charge is -2.09. The van der Waals surface area contributed by atoms with Crippen LogP contribution in [0.2, 0.25) is 15.1 Å². The lowest BCUT2D eigenvalue weighted by Crippen LogP contribution is -2.02. The van der Waals surface area contributed by atoms with Crippen LogP contribution in [0.5, 0.6) is 5.75 Å². The molecule has 7 heteroatoms. The summed E-state index contributed by atoms with van der Waals surface area (Å²) in [6.07, 6.45) is 1.26. The van der Waals surface area contributed by atoms with Gasteiger partial charge in [0.25, 0.3) is 0 Å². The molecule has 0 atom stereocenters. The Morgan fingerprint density at radius 2 is 1.85 bits per heavy atom. The number of aromatic nitrogens is 1. The molecule has 2 rings (SSSR count). The molecule has 1 aromatic carbocycles. The van der Waals surface area contributed by atoms with E-state index < -0.39 is 5.97 Å². The van der Waals surface area contributed by atoms with Crippen LogP contribution < -0.4 is 4.74 Å². The van der Waals surface area contributed by atoms with E-state index in [1.807, 2.05) is 0 Å². The maximum atomic E-state index is 10.7. The van der Waals surface area contributed by atoms with Crippen molar-refractivity contribution in [3.05, 3.63) is 56.8 Å². The molecular formula is C13H8Cl3NO3. The van der Waals surface area contributed by atoms with Crippen LogP contribution >= 0.6 is 34.8 Å². The largest absolute Gasteiger partial charge is 0.486 e. The number of pyridine rings is 1. The number of carboxylic acids is 1. The number of hydrogen-bond acceptors (Lipinski definition) is 3. The van der Waals surface area contributed by atoms with Crippen molar-refractivity contribution in [3.63, 3.8) is 0 Å². The monoisotopic (exact) mass is 331 g/mol. The first-order valence-corrected chi connectivity index (χ1v) is 6.56. The molecule has 0 bridgehead atoms. The number of benzene rings is 1. The summed E-state index contributed by atoms with van der Waals surface area (Å²) in [5.41, 5.74) is 0.679. The number of rotatable bonds is 4. The van der Waals surface area contributed by atoms with Crippen LogP contribution in [0.1, 0.15) is 16.1 Å². The molecule has 0 unspecified atom stereocenters. The van der Waals surface area contributed by atoms with Gasteiger partial charge in [0.05, 0.1) is 26.3 Å². The number of hydrogen-bond donors (Lipinski definition) is 1. The Bertz CT molecular complexity index is 644. The standard InChI is InChI=1S/C13H8Cl3NO3/c14-9-3-11(16)12(4-10(9)15)20-6-8-2-1-7(5-17-8)13(18)19/h1-5H,6H2,(H,18,19). The van der Waals surface area contributed by atoms with Crippen LogP contribution in [0.25, 0.3) is 0 Å². The van der Waals surface area contributed by atoms with Gasteiger partial charge in [-0.1, -0.05) is 34.8 Å². The van der Waals surface area contributed by atoms with Crippen molar-refractivity contribution in [1.82, 2.24) is 4.98 Å². The fraction of sp³-hybridized carbons (Fsp3) is 0.0769. The molecule has 104 valence electrons. The predicted molar refractivity (Wildman–Crippen MR) is 77.0 cm³/mol. The van der Waals surface area contributed by atoms with Crippen molar-refractivity contribution in [2.24, 2.45) is 0 Å². The van der Waals surface area contributed by atoms with Crippen molar-refractivity contribution in [3.8, 4) is 5.75 Å². The minimum Gasteiger partial charge on any atom is -0.486 e. The van der Waals surface area contributed by atoms with Crippen LogP contribution in [0, 0.1) is 0 Å². The highest BCUT2D eigenvalue weighted by Gasteiger charge is 2.08. The number of ether oxygens (including phenoxy) is 1. The molecular weight excluding hydrogens is 325 g/mol. The maximum Gasteiger partial charge on any atom is 0.337 e. The van der Waals surface area contributed by atoms with Gasteiger partial charge >= 0.3 is 5.97 Å². The summed E-state index contributed by atoms with van der Waals surface area (Å²) in [6, 6.07) is 6.01. The second kappa shape index (κ2) is 6.31. The Morgan fingerprint density at radius 1 is 1.15 bits per heavy atom. The maximum absolute atomic E-state index is 10.7. The van der Waals surface area contributed by atoms with Crippen LogP contribution in [0.4, 0.5) is 0 Å². The van der Waals surface area contributed by atoms with Crippen LogP contribution in [-0.4, -0.2) is 16.1 Å². The number of carbonyl (C=O) groups is 1. The van der Waals surface area contributed by atoms with Gasteiger partial charge in [0.1, 0.15) is 12.4 Å². The summed E-state index contributed by atoms with van der Waals surface area (Å²) >= 11 is 17.7. The fourth-order valence-corrected chi connectivity index (χ4v) is 1.99. The highest BCUT2D eigenvalue weighted by Crippen LogP contribution is 2.34. The van der Waals surface area contributed by atoms with Crippen molar-refractivity contribution in [2.75, 3.05) is 0 Å². The Hall–Kier alpha value is -1.49. The molecule has 0 aliphatic rings.